The summed E-state index contributed by atoms with van der Waals surface area (Å²) in [6.07, 6.45) is 8.73. The molecule has 0 saturated carbocycles. The predicted octanol–water partition coefficient (Wildman–Crippen LogP) is 4.53. The smallest absolute Gasteiger partial charge is 0.0503 e. The maximum atomic E-state index is 6.11. The number of fused-ring (bicyclic) bond motifs is 2. The van der Waals surface area contributed by atoms with Gasteiger partial charge in [-0.25, -0.2) is 0 Å². The van der Waals surface area contributed by atoms with E-state index in [0.717, 1.165) is 40.1 Å². The molecule has 1 aromatic carbocycles. The molecule has 1 aliphatic heterocycles. The zero-order valence-corrected chi connectivity index (χ0v) is 16.1. The van der Waals surface area contributed by atoms with Crippen molar-refractivity contribution in [1.29, 1.82) is 0 Å². The predicted molar refractivity (Wildman–Crippen MR) is 105 cm³/mol. The molecule has 2 heterocycles. The van der Waals surface area contributed by atoms with Gasteiger partial charge in [0, 0.05) is 21.6 Å². The van der Waals surface area contributed by atoms with Crippen LogP contribution in [0.1, 0.15) is 41.6 Å². The molecule has 5 heteroatoms. The molecule has 2 aromatic rings. The highest BCUT2D eigenvalue weighted by atomic mass is 79.9. The highest BCUT2D eigenvalue weighted by molar-refractivity contribution is 9.10. The number of anilines is 1. The van der Waals surface area contributed by atoms with Gasteiger partial charge in [0.05, 0.1) is 11.9 Å². The van der Waals surface area contributed by atoms with Crippen LogP contribution in [0.3, 0.4) is 0 Å². The fourth-order valence-corrected chi connectivity index (χ4v) is 4.26. The molecule has 0 radical (unpaired) electrons. The van der Waals surface area contributed by atoms with Crippen LogP contribution in [0.4, 0.5) is 5.69 Å². The van der Waals surface area contributed by atoms with Crippen molar-refractivity contribution >= 4 is 33.2 Å². The lowest BCUT2D eigenvalue weighted by molar-refractivity contribution is 0.520. The number of nitrogens with zero attached hydrogens (tertiary/aromatic N) is 1. The van der Waals surface area contributed by atoms with Crippen molar-refractivity contribution in [2.24, 2.45) is 0 Å². The molecule has 128 valence electrons. The standard InChI is InChI=1S/C14H12BrClN2.C5H11N/c15-13-5-10(16)3-8-1-2-9-4-11(17)7-18-14(9)6-12(8)13;1-2-4-6-5-3-1/h3-5,7H,1-2,6,17H2;6H,1-5H2. The average molecular weight is 409 g/mol. The van der Waals surface area contributed by atoms with Crippen LogP contribution < -0.4 is 11.1 Å². The molecule has 1 saturated heterocycles. The minimum atomic E-state index is 0.733. The Balaban J connectivity index is 0.000000238. The van der Waals surface area contributed by atoms with E-state index < -0.39 is 0 Å². The van der Waals surface area contributed by atoms with E-state index in [1.165, 1.54) is 49.0 Å². The van der Waals surface area contributed by atoms with Gasteiger partial charge in [-0.05, 0) is 73.7 Å². The number of nitrogens with two attached hydrogens (primary N) is 1. The van der Waals surface area contributed by atoms with E-state index in [1.54, 1.807) is 6.20 Å². The van der Waals surface area contributed by atoms with Gasteiger partial charge in [-0.15, -0.1) is 0 Å². The lowest BCUT2D eigenvalue weighted by Crippen LogP contribution is -2.21. The molecule has 0 spiro atoms. The quantitative estimate of drug-likeness (QED) is 0.673. The Hall–Kier alpha value is -1.10. The number of nitrogen functional groups attached to an aromatic ring is 1. The summed E-state index contributed by atoms with van der Waals surface area (Å²) in [5, 5.41) is 4.06. The molecular weight excluding hydrogens is 386 g/mol. The number of aryl methyl sites for hydroxylation is 2. The maximum Gasteiger partial charge on any atom is 0.0503 e. The zero-order chi connectivity index (χ0) is 16.9. The van der Waals surface area contributed by atoms with Crippen molar-refractivity contribution in [3.05, 3.63) is 56.3 Å². The lowest BCUT2D eigenvalue weighted by Gasteiger charge is -2.09. The van der Waals surface area contributed by atoms with Crippen molar-refractivity contribution in [3.8, 4) is 0 Å². The van der Waals surface area contributed by atoms with Crippen LogP contribution in [0, 0.1) is 0 Å². The Bertz CT molecular complexity index is 702. The van der Waals surface area contributed by atoms with Gasteiger partial charge in [0.15, 0.2) is 0 Å². The number of hydrogen-bond acceptors (Lipinski definition) is 3. The van der Waals surface area contributed by atoms with Gasteiger partial charge in [-0.3, -0.25) is 4.98 Å². The van der Waals surface area contributed by atoms with Gasteiger partial charge >= 0.3 is 0 Å². The van der Waals surface area contributed by atoms with Crippen LogP contribution in [-0.4, -0.2) is 18.1 Å². The van der Waals surface area contributed by atoms with Gasteiger partial charge in [0.1, 0.15) is 0 Å². The first-order valence-corrected chi connectivity index (χ1v) is 9.71. The summed E-state index contributed by atoms with van der Waals surface area (Å²) in [7, 11) is 0. The average Bonchev–Trinajstić information content (AvgIpc) is 2.77. The van der Waals surface area contributed by atoms with Crippen molar-refractivity contribution in [2.75, 3.05) is 18.8 Å². The van der Waals surface area contributed by atoms with E-state index in [1.807, 2.05) is 12.1 Å². The first-order valence-electron chi connectivity index (χ1n) is 8.54. The Kier molecular flexibility index (Phi) is 6.14. The first-order chi connectivity index (χ1) is 11.6. The van der Waals surface area contributed by atoms with E-state index in [2.05, 4.69) is 32.3 Å². The van der Waals surface area contributed by atoms with Crippen LogP contribution in [0.15, 0.2) is 28.9 Å². The van der Waals surface area contributed by atoms with Crippen LogP contribution in [-0.2, 0) is 19.3 Å². The van der Waals surface area contributed by atoms with E-state index in [-0.39, 0.29) is 0 Å². The first kappa shape index (κ1) is 17.7. The molecule has 1 fully saturated rings. The van der Waals surface area contributed by atoms with E-state index in [4.69, 9.17) is 17.3 Å². The third-order valence-electron chi connectivity index (χ3n) is 4.55. The minimum Gasteiger partial charge on any atom is -0.397 e. The molecule has 1 aliphatic carbocycles. The summed E-state index contributed by atoms with van der Waals surface area (Å²) < 4.78 is 1.07. The second-order valence-electron chi connectivity index (χ2n) is 6.39. The van der Waals surface area contributed by atoms with Gasteiger partial charge in [-0.1, -0.05) is 34.0 Å². The third-order valence-corrected chi connectivity index (χ3v) is 5.47. The number of pyridine rings is 1. The van der Waals surface area contributed by atoms with Gasteiger partial charge < -0.3 is 11.1 Å². The summed E-state index contributed by atoms with van der Waals surface area (Å²) in [6, 6.07) is 6.03. The van der Waals surface area contributed by atoms with Crippen LogP contribution in [0.25, 0.3) is 0 Å². The van der Waals surface area contributed by atoms with Gasteiger partial charge in [0.2, 0.25) is 0 Å². The largest absolute Gasteiger partial charge is 0.397 e. The lowest BCUT2D eigenvalue weighted by atomic mass is 10.0. The van der Waals surface area contributed by atoms with Crippen LogP contribution in [0.2, 0.25) is 5.02 Å². The molecule has 0 bridgehead atoms. The molecule has 2 aliphatic rings. The summed E-state index contributed by atoms with van der Waals surface area (Å²) >= 11 is 9.70. The second-order valence-corrected chi connectivity index (χ2v) is 7.68. The number of hydrogen-bond donors (Lipinski definition) is 2. The highest BCUT2D eigenvalue weighted by Crippen LogP contribution is 2.32. The normalized spacial score (nSPS) is 16.2. The molecule has 0 atom stereocenters. The summed E-state index contributed by atoms with van der Waals surface area (Å²) in [6.45, 7) is 2.50. The number of piperidine rings is 1. The summed E-state index contributed by atoms with van der Waals surface area (Å²) in [5.74, 6) is 0. The molecule has 0 amide bonds. The van der Waals surface area contributed by atoms with Gasteiger partial charge in [0.25, 0.3) is 0 Å². The van der Waals surface area contributed by atoms with Crippen molar-refractivity contribution in [3.63, 3.8) is 0 Å². The maximum absolute atomic E-state index is 6.11. The number of rotatable bonds is 0. The molecule has 4 rings (SSSR count). The molecule has 3 nitrogen and oxygen atoms in total. The monoisotopic (exact) mass is 407 g/mol. The highest BCUT2D eigenvalue weighted by Gasteiger charge is 2.17. The molecular formula is C19H23BrClN3. The molecule has 0 unspecified atom stereocenters. The summed E-state index contributed by atoms with van der Waals surface area (Å²) in [5.41, 5.74) is 11.5. The number of nitrogens with one attached hydrogen (secondary N) is 1. The van der Waals surface area contributed by atoms with Crippen molar-refractivity contribution < 1.29 is 0 Å². The van der Waals surface area contributed by atoms with Crippen LogP contribution >= 0.6 is 27.5 Å². The minimum absolute atomic E-state index is 0.733. The number of benzene rings is 1. The Morgan fingerprint density at radius 2 is 1.79 bits per heavy atom. The number of halogens is 2. The van der Waals surface area contributed by atoms with E-state index >= 15 is 0 Å². The fourth-order valence-electron chi connectivity index (χ4n) is 3.25. The molecule has 1 aromatic heterocycles. The second kappa shape index (κ2) is 8.32. The van der Waals surface area contributed by atoms with E-state index in [0.29, 0.717) is 0 Å². The zero-order valence-electron chi connectivity index (χ0n) is 13.7. The van der Waals surface area contributed by atoms with Crippen LogP contribution in [0.5, 0.6) is 0 Å². The Morgan fingerprint density at radius 1 is 1.04 bits per heavy atom. The topological polar surface area (TPSA) is 50.9 Å². The Labute approximate surface area is 157 Å². The summed E-state index contributed by atoms with van der Waals surface area (Å²) in [4.78, 5) is 4.46. The van der Waals surface area contributed by atoms with Crippen molar-refractivity contribution in [1.82, 2.24) is 10.3 Å². The fraction of sp³-hybridized carbons (Fsp3) is 0.421. The number of aromatic nitrogens is 1. The Morgan fingerprint density at radius 3 is 2.46 bits per heavy atom. The third kappa shape index (κ3) is 4.50. The van der Waals surface area contributed by atoms with Gasteiger partial charge in [-0.2, -0.15) is 0 Å². The molecule has 24 heavy (non-hydrogen) atoms. The van der Waals surface area contributed by atoms with Crippen molar-refractivity contribution in [2.45, 2.75) is 38.5 Å². The van der Waals surface area contributed by atoms with E-state index in [9.17, 15) is 0 Å². The molecule has 3 N–H and O–H groups in total. The SMILES string of the molecule is C1CCNCC1.Nc1cnc2c(c1)CCc1cc(Cl)cc(Br)c1C2.